The zero-order chi connectivity index (χ0) is 16.7. The molecule has 0 bridgehead atoms. The molecular weight excluding hydrogens is 296 g/mol. The summed E-state index contributed by atoms with van der Waals surface area (Å²) in [5, 5.41) is 0. The quantitative estimate of drug-likeness (QED) is 0.432. The summed E-state index contributed by atoms with van der Waals surface area (Å²) in [6, 6.07) is 7.42. The molecule has 0 fully saturated rings. The fourth-order valence-electron chi connectivity index (χ4n) is 2.15. The second-order valence-corrected chi connectivity index (χ2v) is 7.04. The molecule has 1 aromatic carbocycles. The molecule has 0 aliphatic rings. The van der Waals surface area contributed by atoms with E-state index in [-0.39, 0.29) is 4.90 Å². The summed E-state index contributed by atoms with van der Waals surface area (Å²) in [5.74, 6) is 0. The third-order valence-corrected chi connectivity index (χ3v) is 4.37. The van der Waals surface area contributed by atoms with E-state index < -0.39 is 10.1 Å². The van der Waals surface area contributed by atoms with Crippen molar-refractivity contribution >= 4 is 10.1 Å². The van der Waals surface area contributed by atoms with Crippen molar-refractivity contribution in [3.63, 3.8) is 0 Å². The molecule has 0 amide bonds. The lowest BCUT2D eigenvalue weighted by Crippen LogP contribution is -1.96. The van der Waals surface area contributed by atoms with E-state index >= 15 is 0 Å². The van der Waals surface area contributed by atoms with Gasteiger partial charge in [0.15, 0.2) is 0 Å². The zero-order valence-electron chi connectivity index (χ0n) is 14.1. The van der Waals surface area contributed by atoms with Crippen molar-refractivity contribution in [2.24, 2.45) is 0 Å². The predicted molar refractivity (Wildman–Crippen MR) is 93.8 cm³/mol. The molecule has 0 radical (unpaired) electrons. The Morgan fingerprint density at radius 1 is 0.727 bits per heavy atom. The van der Waals surface area contributed by atoms with Gasteiger partial charge in [0.25, 0.3) is 10.1 Å². The molecule has 4 heteroatoms. The molecule has 0 aliphatic heterocycles. The number of rotatable bonds is 10. The Bertz CT molecular complexity index is 431. The molecule has 22 heavy (non-hydrogen) atoms. The molecular formula is C18H32O3S. The van der Waals surface area contributed by atoms with Gasteiger partial charge < -0.3 is 0 Å². The van der Waals surface area contributed by atoms with E-state index in [4.69, 9.17) is 4.55 Å². The summed E-state index contributed by atoms with van der Waals surface area (Å²) in [7, 11) is -4.00. The maximum atomic E-state index is 10.4. The van der Waals surface area contributed by atoms with Crippen LogP contribution < -0.4 is 0 Å². The minimum atomic E-state index is -4.00. The molecule has 0 unspecified atom stereocenters. The molecule has 3 nitrogen and oxygen atoms in total. The van der Waals surface area contributed by atoms with E-state index in [1.54, 1.807) is 18.2 Å². The average Bonchev–Trinajstić information content (AvgIpc) is 2.51. The Balaban J connectivity index is 0.000000406. The SMILES string of the molecule is CCCCCCCCCCCC.O=S(=O)(O)c1ccccc1. The van der Waals surface area contributed by atoms with Crippen LogP contribution in [-0.4, -0.2) is 13.0 Å². The van der Waals surface area contributed by atoms with E-state index in [1.165, 1.54) is 76.3 Å². The van der Waals surface area contributed by atoms with Crippen LogP contribution in [0.25, 0.3) is 0 Å². The van der Waals surface area contributed by atoms with Crippen LogP contribution in [0.4, 0.5) is 0 Å². The van der Waals surface area contributed by atoms with Gasteiger partial charge in [0.1, 0.15) is 0 Å². The maximum Gasteiger partial charge on any atom is 0.294 e. The molecule has 1 rings (SSSR count). The molecule has 0 saturated heterocycles. The van der Waals surface area contributed by atoms with Gasteiger partial charge in [0.05, 0.1) is 4.90 Å². The number of unbranched alkanes of at least 4 members (excludes halogenated alkanes) is 9. The smallest absolute Gasteiger partial charge is 0.282 e. The van der Waals surface area contributed by atoms with E-state index in [0.29, 0.717) is 0 Å². The Labute approximate surface area is 136 Å². The van der Waals surface area contributed by atoms with E-state index in [2.05, 4.69) is 13.8 Å². The Morgan fingerprint density at radius 3 is 1.36 bits per heavy atom. The highest BCUT2D eigenvalue weighted by molar-refractivity contribution is 7.85. The first kappa shape index (κ1) is 21.1. The van der Waals surface area contributed by atoms with Gasteiger partial charge in [-0.05, 0) is 12.1 Å². The fraction of sp³-hybridized carbons (Fsp3) is 0.667. The Morgan fingerprint density at radius 2 is 1.09 bits per heavy atom. The molecule has 128 valence electrons. The van der Waals surface area contributed by atoms with Crippen LogP contribution in [0.1, 0.15) is 78.1 Å². The Kier molecular flexibility index (Phi) is 13.2. The van der Waals surface area contributed by atoms with Crippen LogP contribution in [0.3, 0.4) is 0 Å². The van der Waals surface area contributed by atoms with E-state index in [0.717, 1.165) is 0 Å². The average molecular weight is 329 g/mol. The van der Waals surface area contributed by atoms with Gasteiger partial charge in [0, 0.05) is 0 Å². The van der Waals surface area contributed by atoms with Gasteiger partial charge in [0.2, 0.25) is 0 Å². The van der Waals surface area contributed by atoms with Crippen LogP contribution in [-0.2, 0) is 10.1 Å². The van der Waals surface area contributed by atoms with Crippen LogP contribution in [0, 0.1) is 0 Å². The largest absolute Gasteiger partial charge is 0.294 e. The van der Waals surface area contributed by atoms with Crippen molar-refractivity contribution in [3.05, 3.63) is 30.3 Å². The molecule has 0 saturated carbocycles. The topological polar surface area (TPSA) is 54.4 Å². The van der Waals surface area contributed by atoms with Crippen LogP contribution in [0.15, 0.2) is 35.2 Å². The van der Waals surface area contributed by atoms with Crippen molar-refractivity contribution in [1.29, 1.82) is 0 Å². The first-order valence-electron chi connectivity index (χ1n) is 8.54. The number of hydrogen-bond acceptors (Lipinski definition) is 2. The van der Waals surface area contributed by atoms with Crippen molar-refractivity contribution in [2.75, 3.05) is 0 Å². The molecule has 0 heterocycles. The highest BCUT2D eigenvalue weighted by Gasteiger charge is 2.05. The van der Waals surface area contributed by atoms with Crippen molar-refractivity contribution < 1.29 is 13.0 Å². The summed E-state index contributed by atoms with van der Waals surface area (Å²) in [4.78, 5) is -0.0741. The lowest BCUT2D eigenvalue weighted by Gasteiger charge is -1.99. The second kappa shape index (κ2) is 13.8. The third-order valence-electron chi connectivity index (χ3n) is 3.50. The molecule has 0 atom stereocenters. The van der Waals surface area contributed by atoms with Gasteiger partial charge in [-0.15, -0.1) is 0 Å². The van der Waals surface area contributed by atoms with E-state index in [9.17, 15) is 8.42 Å². The highest BCUT2D eigenvalue weighted by Crippen LogP contribution is 2.10. The third kappa shape index (κ3) is 12.8. The molecule has 1 aromatic rings. The summed E-state index contributed by atoms with van der Waals surface area (Å²) in [6.07, 6.45) is 14.4. The van der Waals surface area contributed by atoms with Gasteiger partial charge in [-0.1, -0.05) is 96.3 Å². The van der Waals surface area contributed by atoms with Crippen molar-refractivity contribution in [1.82, 2.24) is 0 Å². The van der Waals surface area contributed by atoms with Gasteiger partial charge >= 0.3 is 0 Å². The van der Waals surface area contributed by atoms with Crippen molar-refractivity contribution in [2.45, 2.75) is 83.0 Å². The fourth-order valence-corrected chi connectivity index (χ4v) is 2.65. The standard InChI is InChI=1S/C12H26.C6H6O3S/c1-3-5-7-9-11-12-10-8-6-4-2;7-10(8,9)6-4-2-1-3-5-6/h3-12H2,1-2H3;1-5H,(H,7,8,9). The van der Waals surface area contributed by atoms with Gasteiger partial charge in [-0.25, -0.2) is 0 Å². The van der Waals surface area contributed by atoms with Crippen LogP contribution in [0.2, 0.25) is 0 Å². The number of benzene rings is 1. The Hall–Kier alpha value is -0.870. The molecule has 0 spiro atoms. The number of hydrogen-bond donors (Lipinski definition) is 1. The minimum absolute atomic E-state index is 0.0741. The second-order valence-electron chi connectivity index (χ2n) is 5.62. The predicted octanol–water partition coefficient (Wildman–Crippen LogP) is 5.86. The van der Waals surface area contributed by atoms with Gasteiger partial charge in [-0.3, -0.25) is 4.55 Å². The van der Waals surface area contributed by atoms with Crippen LogP contribution >= 0.6 is 0 Å². The normalized spacial score (nSPS) is 10.9. The summed E-state index contributed by atoms with van der Waals surface area (Å²) < 4.78 is 29.2. The highest BCUT2D eigenvalue weighted by atomic mass is 32.2. The molecule has 0 aliphatic carbocycles. The van der Waals surface area contributed by atoms with Crippen LogP contribution in [0.5, 0.6) is 0 Å². The lowest BCUT2D eigenvalue weighted by molar-refractivity contribution is 0.483. The van der Waals surface area contributed by atoms with E-state index in [1.807, 2.05) is 0 Å². The van der Waals surface area contributed by atoms with Crippen molar-refractivity contribution in [3.8, 4) is 0 Å². The first-order chi connectivity index (χ1) is 10.5. The summed E-state index contributed by atoms with van der Waals surface area (Å²) >= 11 is 0. The molecule has 0 aromatic heterocycles. The summed E-state index contributed by atoms with van der Waals surface area (Å²) in [5.41, 5.74) is 0. The lowest BCUT2D eigenvalue weighted by atomic mass is 10.1. The zero-order valence-corrected chi connectivity index (χ0v) is 14.9. The monoisotopic (exact) mass is 328 g/mol. The molecule has 1 N–H and O–H groups in total. The minimum Gasteiger partial charge on any atom is -0.282 e. The first-order valence-corrected chi connectivity index (χ1v) is 9.98. The maximum absolute atomic E-state index is 10.4. The van der Waals surface area contributed by atoms with Gasteiger partial charge in [-0.2, -0.15) is 8.42 Å². The summed E-state index contributed by atoms with van der Waals surface area (Å²) in [6.45, 7) is 4.56.